The van der Waals surface area contributed by atoms with Gasteiger partial charge in [-0.3, -0.25) is 4.79 Å². The molecule has 1 amide bonds. The van der Waals surface area contributed by atoms with Crippen LogP contribution in [0.2, 0.25) is 0 Å². The number of hydrogen-bond acceptors (Lipinski definition) is 2. The third-order valence-corrected chi connectivity index (χ3v) is 6.75. The molecule has 0 saturated carbocycles. The van der Waals surface area contributed by atoms with Crippen molar-refractivity contribution in [2.24, 2.45) is 0 Å². The van der Waals surface area contributed by atoms with Crippen LogP contribution < -0.4 is 4.74 Å². The monoisotopic (exact) mass is 438 g/mol. The number of benzene rings is 3. The molecule has 1 aliphatic rings. The average Bonchev–Trinajstić information content (AvgIpc) is 3.53. The van der Waals surface area contributed by atoms with Crippen LogP contribution in [0.15, 0.2) is 85.1 Å². The van der Waals surface area contributed by atoms with Gasteiger partial charge in [0, 0.05) is 49.1 Å². The number of likely N-dealkylation sites (tertiary alicyclic amines) is 1. The number of rotatable bonds is 7. The molecule has 0 spiro atoms. The van der Waals surface area contributed by atoms with Crippen LogP contribution in [0.3, 0.4) is 0 Å². The van der Waals surface area contributed by atoms with Gasteiger partial charge in [-0.2, -0.15) is 0 Å². The van der Waals surface area contributed by atoms with Crippen molar-refractivity contribution in [2.75, 3.05) is 20.2 Å². The van der Waals surface area contributed by atoms with Gasteiger partial charge < -0.3 is 14.2 Å². The maximum Gasteiger partial charge on any atom is 0.223 e. The van der Waals surface area contributed by atoms with Gasteiger partial charge in [-0.15, -0.1) is 0 Å². The Morgan fingerprint density at radius 1 is 0.909 bits per heavy atom. The van der Waals surface area contributed by atoms with Crippen molar-refractivity contribution >= 4 is 16.8 Å². The second-order valence-corrected chi connectivity index (χ2v) is 8.83. The van der Waals surface area contributed by atoms with E-state index in [1.165, 1.54) is 22.0 Å². The molecule has 0 N–H and O–H groups in total. The van der Waals surface area contributed by atoms with E-state index < -0.39 is 0 Å². The third-order valence-electron chi connectivity index (χ3n) is 6.75. The normalized spacial score (nSPS) is 14.5. The predicted octanol–water partition coefficient (Wildman–Crippen LogP) is 5.84. The molecular weight excluding hydrogens is 408 g/mol. The standard InChI is InChI=1S/C29H30N2O2/c1-33-24-15-13-23(14-16-24)26(19-29(32)30-17-7-8-18-30)27-21-31(20-22-9-3-2-4-10-22)28-12-6-5-11-25(27)28/h2-6,9-16,21,26H,7-8,17-20H2,1H3/t26-/m1/s1. The topological polar surface area (TPSA) is 34.5 Å². The maximum atomic E-state index is 13.3. The molecule has 168 valence electrons. The first-order chi connectivity index (χ1) is 16.2. The summed E-state index contributed by atoms with van der Waals surface area (Å²) in [4.78, 5) is 15.3. The summed E-state index contributed by atoms with van der Waals surface area (Å²) < 4.78 is 7.69. The molecular formula is C29H30N2O2. The number of fused-ring (bicyclic) bond motifs is 1. The number of carbonyl (C=O) groups excluding carboxylic acids is 1. The molecule has 1 aromatic heterocycles. The van der Waals surface area contributed by atoms with Crippen molar-refractivity contribution in [3.63, 3.8) is 0 Å². The van der Waals surface area contributed by atoms with Gasteiger partial charge in [0.1, 0.15) is 5.75 Å². The number of nitrogens with zero attached hydrogens (tertiary/aromatic N) is 2. The van der Waals surface area contributed by atoms with E-state index in [-0.39, 0.29) is 11.8 Å². The molecule has 2 heterocycles. The summed E-state index contributed by atoms with van der Waals surface area (Å²) in [6.45, 7) is 2.56. The minimum atomic E-state index is -0.00840. The molecule has 1 aliphatic heterocycles. The van der Waals surface area contributed by atoms with Gasteiger partial charge in [0.25, 0.3) is 0 Å². The zero-order chi connectivity index (χ0) is 22.6. The van der Waals surface area contributed by atoms with Crippen molar-refractivity contribution in [3.8, 4) is 5.75 Å². The smallest absolute Gasteiger partial charge is 0.223 e. The maximum absolute atomic E-state index is 13.3. The highest BCUT2D eigenvalue weighted by molar-refractivity contribution is 5.87. The van der Waals surface area contributed by atoms with E-state index in [0.29, 0.717) is 6.42 Å². The average molecular weight is 439 g/mol. The van der Waals surface area contributed by atoms with Crippen LogP contribution >= 0.6 is 0 Å². The highest BCUT2D eigenvalue weighted by Gasteiger charge is 2.26. The van der Waals surface area contributed by atoms with Crippen LogP contribution in [0.25, 0.3) is 10.9 Å². The van der Waals surface area contributed by atoms with Gasteiger partial charge in [-0.05, 0) is 47.7 Å². The summed E-state index contributed by atoms with van der Waals surface area (Å²) in [6, 6.07) is 27.2. The zero-order valence-corrected chi connectivity index (χ0v) is 19.1. The highest BCUT2D eigenvalue weighted by Crippen LogP contribution is 2.36. The first kappa shape index (κ1) is 21.3. The summed E-state index contributed by atoms with van der Waals surface area (Å²) in [5, 5.41) is 1.21. The number of carbonyl (C=O) groups is 1. The SMILES string of the molecule is COc1ccc([C@@H](CC(=O)N2CCCC2)c2cn(Cc3ccccc3)c3ccccc23)cc1. The van der Waals surface area contributed by atoms with Crippen molar-refractivity contribution in [2.45, 2.75) is 31.7 Å². The minimum Gasteiger partial charge on any atom is -0.497 e. The zero-order valence-electron chi connectivity index (χ0n) is 19.1. The Balaban J connectivity index is 1.57. The lowest BCUT2D eigenvalue weighted by molar-refractivity contribution is -0.130. The van der Waals surface area contributed by atoms with Gasteiger partial charge in [0.15, 0.2) is 0 Å². The summed E-state index contributed by atoms with van der Waals surface area (Å²) in [7, 11) is 1.68. The lowest BCUT2D eigenvalue weighted by Gasteiger charge is -2.21. The van der Waals surface area contributed by atoms with Gasteiger partial charge in [-0.1, -0.05) is 60.7 Å². The van der Waals surface area contributed by atoms with Gasteiger partial charge >= 0.3 is 0 Å². The molecule has 1 saturated heterocycles. The van der Waals surface area contributed by atoms with Gasteiger partial charge in [0.2, 0.25) is 5.91 Å². The number of amides is 1. The first-order valence-electron chi connectivity index (χ1n) is 11.8. The fourth-order valence-electron chi connectivity index (χ4n) is 4.98. The second-order valence-electron chi connectivity index (χ2n) is 8.83. The van der Waals surface area contributed by atoms with Crippen LogP contribution in [0, 0.1) is 0 Å². The minimum absolute atomic E-state index is 0.00840. The Bertz CT molecular complexity index is 1220. The van der Waals surface area contributed by atoms with Crippen LogP contribution in [-0.2, 0) is 11.3 Å². The molecule has 0 unspecified atom stereocenters. The fraction of sp³-hybridized carbons (Fsp3) is 0.276. The van der Waals surface area contributed by atoms with E-state index in [1.54, 1.807) is 7.11 Å². The fourth-order valence-corrected chi connectivity index (χ4v) is 4.98. The lowest BCUT2D eigenvalue weighted by Crippen LogP contribution is -2.29. The molecule has 4 heteroatoms. The van der Waals surface area contributed by atoms with Crippen molar-refractivity contribution in [3.05, 3.63) is 102 Å². The van der Waals surface area contributed by atoms with Gasteiger partial charge in [-0.25, -0.2) is 0 Å². The molecule has 33 heavy (non-hydrogen) atoms. The molecule has 0 aliphatic carbocycles. The molecule has 0 radical (unpaired) electrons. The van der Waals surface area contributed by atoms with Crippen LogP contribution in [0.5, 0.6) is 5.75 Å². The van der Waals surface area contributed by atoms with E-state index in [1.807, 2.05) is 23.1 Å². The van der Waals surface area contributed by atoms with Gasteiger partial charge in [0.05, 0.1) is 7.11 Å². The molecule has 1 atom stereocenters. The summed E-state index contributed by atoms with van der Waals surface area (Å²) in [5.41, 5.74) is 4.81. The first-order valence-corrected chi connectivity index (χ1v) is 11.8. The summed E-state index contributed by atoms with van der Waals surface area (Å²) in [6.07, 6.45) is 4.94. The second kappa shape index (κ2) is 9.53. The van der Waals surface area contributed by atoms with Crippen LogP contribution in [0.4, 0.5) is 0 Å². The number of methoxy groups -OCH3 is 1. The van der Waals surface area contributed by atoms with E-state index in [2.05, 4.69) is 71.4 Å². The number of aromatic nitrogens is 1. The Labute approximate surface area is 195 Å². The van der Waals surface area contributed by atoms with Crippen LogP contribution in [-0.4, -0.2) is 35.6 Å². The summed E-state index contributed by atoms with van der Waals surface area (Å²) in [5.74, 6) is 1.06. The van der Waals surface area contributed by atoms with Crippen molar-refractivity contribution in [1.29, 1.82) is 0 Å². The van der Waals surface area contributed by atoms with E-state index >= 15 is 0 Å². The van der Waals surface area contributed by atoms with E-state index in [9.17, 15) is 4.79 Å². The molecule has 0 bridgehead atoms. The molecule has 5 rings (SSSR count). The van der Waals surface area contributed by atoms with Crippen LogP contribution in [0.1, 0.15) is 41.9 Å². The predicted molar refractivity (Wildman–Crippen MR) is 133 cm³/mol. The Morgan fingerprint density at radius 2 is 1.61 bits per heavy atom. The molecule has 3 aromatic carbocycles. The molecule has 4 nitrogen and oxygen atoms in total. The third kappa shape index (κ3) is 4.51. The Kier molecular flexibility index (Phi) is 6.16. The number of hydrogen-bond donors (Lipinski definition) is 0. The number of ether oxygens (including phenoxy) is 1. The largest absolute Gasteiger partial charge is 0.497 e. The lowest BCUT2D eigenvalue weighted by atomic mass is 9.87. The number of para-hydroxylation sites is 1. The summed E-state index contributed by atoms with van der Waals surface area (Å²) >= 11 is 0. The van der Waals surface area contributed by atoms with E-state index in [0.717, 1.165) is 43.8 Å². The van der Waals surface area contributed by atoms with Crippen molar-refractivity contribution < 1.29 is 9.53 Å². The highest BCUT2D eigenvalue weighted by atomic mass is 16.5. The van der Waals surface area contributed by atoms with E-state index in [4.69, 9.17) is 4.74 Å². The van der Waals surface area contributed by atoms with Crippen molar-refractivity contribution in [1.82, 2.24) is 9.47 Å². The molecule has 4 aromatic rings. The Morgan fingerprint density at radius 3 is 2.33 bits per heavy atom. The molecule has 1 fully saturated rings. The quantitative estimate of drug-likeness (QED) is 0.363. The Hall–Kier alpha value is -3.53.